The average molecular weight is 302 g/mol. The van der Waals surface area contributed by atoms with E-state index in [4.69, 9.17) is 19.0 Å². The molecule has 1 aliphatic rings. The minimum absolute atomic E-state index is 0.108. The number of ether oxygens (including phenoxy) is 1. The average Bonchev–Trinajstić information content (AvgIpc) is 2.39. The molecule has 0 saturated carbocycles. The summed E-state index contributed by atoms with van der Waals surface area (Å²) in [7, 11) is -1.14. The predicted octanol–water partition coefficient (Wildman–Crippen LogP) is 3.46. The zero-order valence-electron chi connectivity index (χ0n) is 13.0. The van der Waals surface area contributed by atoms with Gasteiger partial charge >= 0.3 is 0 Å². The number of nitrogens with zero attached hydrogens (tertiary/aromatic N) is 2. The largest absolute Gasteiger partial charge is 0.379 e. The Bertz CT molecular complexity index is 293. The summed E-state index contributed by atoms with van der Waals surface area (Å²) >= 11 is 0. The molecule has 0 N–H and O–H groups in total. The summed E-state index contributed by atoms with van der Waals surface area (Å²) in [4.78, 5) is 0. The summed E-state index contributed by atoms with van der Waals surface area (Å²) in [6.45, 7) is 10.5. The summed E-state index contributed by atoms with van der Waals surface area (Å²) in [6, 6.07) is 2.79. The Hall–Kier alpha value is -0.240. The van der Waals surface area contributed by atoms with Gasteiger partial charge in [-0.2, -0.15) is 5.26 Å². The summed E-state index contributed by atoms with van der Waals surface area (Å²) < 4.78 is 19.7. The van der Waals surface area contributed by atoms with E-state index in [2.05, 4.69) is 38.4 Å². The van der Waals surface area contributed by atoms with Crippen molar-refractivity contribution < 1.29 is 13.8 Å². The van der Waals surface area contributed by atoms with E-state index < -0.39 is 8.53 Å². The molecule has 116 valence electrons. The molecule has 0 aromatic heterocycles. The Morgan fingerprint density at radius 2 is 2.05 bits per heavy atom. The summed E-state index contributed by atoms with van der Waals surface area (Å²) in [6.07, 6.45) is 2.56. The van der Waals surface area contributed by atoms with Gasteiger partial charge in [-0.3, -0.25) is 0 Å². The van der Waals surface area contributed by atoms with Crippen LogP contribution in [0.1, 0.15) is 47.0 Å². The second-order valence-corrected chi connectivity index (χ2v) is 6.90. The van der Waals surface area contributed by atoms with Gasteiger partial charge in [-0.1, -0.05) is 0 Å². The molecule has 1 heterocycles. The molecule has 1 saturated heterocycles. The van der Waals surface area contributed by atoms with Gasteiger partial charge in [0.1, 0.15) is 0 Å². The first-order valence-electron chi connectivity index (χ1n) is 7.39. The monoisotopic (exact) mass is 302 g/mol. The molecule has 20 heavy (non-hydrogen) atoms. The van der Waals surface area contributed by atoms with Crippen LogP contribution in [0.5, 0.6) is 0 Å². The lowest BCUT2D eigenvalue weighted by Crippen LogP contribution is -2.36. The van der Waals surface area contributed by atoms with Crippen molar-refractivity contribution in [1.29, 1.82) is 5.26 Å². The van der Waals surface area contributed by atoms with Gasteiger partial charge in [0, 0.05) is 18.7 Å². The molecule has 0 spiro atoms. The molecule has 2 atom stereocenters. The van der Waals surface area contributed by atoms with Crippen LogP contribution in [0.15, 0.2) is 0 Å². The van der Waals surface area contributed by atoms with E-state index in [1.165, 1.54) is 0 Å². The molecule has 6 heteroatoms. The maximum Gasteiger partial charge on any atom is 0.259 e. The fourth-order valence-electron chi connectivity index (χ4n) is 2.22. The van der Waals surface area contributed by atoms with Gasteiger partial charge in [-0.05, 0) is 40.5 Å². The topological polar surface area (TPSA) is 54.7 Å². The van der Waals surface area contributed by atoms with E-state index >= 15 is 0 Å². The first-order valence-corrected chi connectivity index (χ1v) is 8.52. The minimum atomic E-state index is -1.14. The van der Waals surface area contributed by atoms with E-state index in [0.29, 0.717) is 31.7 Å². The van der Waals surface area contributed by atoms with Crippen LogP contribution >= 0.6 is 8.53 Å². The number of hydrogen-bond donors (Lipinski definition) is 0. The molecular weight excluding hydrogens is 275 g/mol. The Morgan fingerprint density at radius 3 is 2.55 bits per heavy atom. The molecule has 1 rings (SSSR count). The van der Waals surface area contributed by atoms with Crippen molar-refractivity contribution in [3.05, 3.63) is 0 Å². The molecule has 1 aliphatic heterocycles. The molecule has 0 aliphatic carbocycles. The van der Waals surface area contributed by atoms with E-state index in [1.807, 2.05) is 0 Å². The zero-order valence-corrected chi connectivity index (χ0v) is 13.9. The van der Waals surface area contributed by atoms with Crippen LogP contribution in [-0.4, -0.2) is 42.7 Å². The van der Waals surface area contributed by atoms with Crippen molar-refractivity contribution in [2.45, 2.75) is 65.1 Å². The van der Waals surface area contributed by atoms with Crippen molar-refractivity contribution in [2.75, 3.05) is 19.8 Å². The van der Waals surface area contributed by atoms with Gasteiger partial charge in [-0.25, -0.2) is 4.67 Å². The van der Waals surface area contributed by atoms with Crippen LogP contribution in [0.25, 0.3) is 0 Å². The van der Waals surface area contributed by atoms with Gasteiger partial charge in [-0.15, -0.1) is 0 Å². The minimum Gasteiger partial charge on any atom is -0.379 e. The smallest absolute Gasteiger partial charge is 0.259 e. The van der Waals surface area contributed by atoms with Crippen LogP contribution < -0.4 is 0 Å². The Kier molecular flexibility index (Phi) is 8.60. The van der Waals surface area contributed by atoms with Crippen molar-refractivity contribution in [3.63, 3.8) is 0 Å². The fraction of sp³-hybridized carbons (Fsp3) is 0.929. The SMILES string of the molecule is CC(C)N(C(C)C)P(OCCC#N)OC1CCCOC1. The molecule has 1 fully saturated rings. The number of hydrogen-bond acceptors (Lipinski definition) is 5. The fourth-order valence-corrected chi connectivity index (χ4v) is 3.94. The first-order chi connectivity index (χ1) is 9.56. The molecule has 0 radical (unpaired) electrons. The standard InChI is InChI=1S/C14H27N2O3P/c1-12(2)16(13(3)4)20(18-10-6-8-15)19-14-7-5-9-17-11-14/h12-14H,5-7,9-11H2,1-4H3. The predicted molar refractivity (Wildman–Crippen MR) is 80.1 cm³/mol. The van der Waals surface area contributed by atoms with Crippen LogP contribution in [0.4, 0.5) is 0 Å². The number of rotatable bonds is 8. The second-order valence-electron chi connectivity index (χ2n) is 5.49. The van der Waals surface area contributed by atoms with Crippen molar-refractivity contribution in [3.8, 4) is 6.07 Å². The normalized spacial score (nSPS) is 21.4. The molecular formula is C14H27N2O3P. The van der Waals surface area contributed by atoms with E-state index in [0.717, 1.165) is 19.4 Å². The van der Waals surface area contributed by atoms with Crippen LogP contribution in [-0.2, 0) is 13.8 Å². The highest BCUT2D eigenvalue weighted by molar-refractivity contribution is 7.44. The van der Waals surface area contributed by atoms with E-state index in [-0.39, 0.29) is 6.10 Å². The van der Waals surface area contributed by atoms with Gasteiger partial charge in [0.25, 0.3) is 8.53 Å². The van der Waals surface area contributed by atoms with Crippen molar-refractivity contribution in [1.82, 2.24) is 4.67 Å². The van der Waals surface area contributed by atoms with Crippen molar-refractivity contribution >= 4 is 8.53 Å². The van der Waals surface area contributed by atoms with Gasteiger partial charge < -0.3 is 13.8 Å². The first kappa shape index (κ1) is 17.8. The van der Waals surface area contributed by atoms with Gasteiger partial charge in [0.05, 0.1) is 31.8 Å². The van der Waals surface area contributed by atoms with Gasteiger partial charge in [0.2, 0.25) is 0 Å². The highest BCUT2D eigenvalue weighted by atomic mass is 31.2. The third kappa shape index (κ3) is 6.03. The maximum absolute atomic E-state index is 8.66. The number of nitriles is 1. The summed E-state index contributed by atoms with van der Waals surface area (Å²) in [5, 5.41) is 8.66. The van der Waals surface area contributed by atoms with E-state index in [1.54, 1.807) is 0 Å². The van der Waals surface area contributed by atoms with Crippen LogP contribution in [0, 0.1) is 11.3 Å². The molecule has 0 amide bonds. The third-order valence-electron chi connectivity index (χ3n) is 3.02. The van der Waals surface area contributed by atoms with Gasteiger partial charge in [0.15, 0.2) is 0 Å². The Morgan fingerprint density at radius 1 is 1.35 bits per heavy atom. The van der Waals surface area contributed by atoms with E-state index in [9.17, 15) is 0 Å². The molecule has 0 aromatic carbocycles. The zero-order chi connectivity index (χ0) is 15.0. The summed E-state index contributed by atoms with van der Waals surface area (Å²) in [5.74, 6) is 0. The molecule has 2 unspecified atom stereocenters. The lowest BCUT2D eigenvalue weighted by atomic mass is 10.2. The third-order valence-corrected chi connectivity index (χ3v) is 5.20. The molecule has 0 bridgehead atoms. The van der Waals surface area contributed by atoms with Crippen LogP contribution in [0.2, 0.25) is 0 Å². The molecule has 0 aromatic rings. The second kappa shape index (κ2) is 9.65. The highest BCUT2D eigenvalue weighted by Crippen LogP contribution is 2.47. The maximum atomic E-state index is 8.66. The van der Waals surface area contributed by atoms with Crippen LogP contribution in [0.3, 0.4) is 0 Å². The lowest BCUT2D eigenvalue weighted by molar-refractivity contribution is -0.00101. The van der Waals surface area contributed by atoms with Crippen molar-refractivity contribution in [2.24, 2.45) is 0 Å². The summed E-state index contributed by atoms with van der Waals surface area (Å²) in [5.41, 5.74) is 0. The highest BCUT2D eigenvalue weighted by Gasteiger charge is 2.30. The Labute approximate surface area is 124 Å². The lowest BCUT2D eigenvalue weighted by Gasteiger charge is -2.37. The Balaban J connectivity index is 2.63. The quantitative estimate of drug-likeness (QED) is 0.507. The molecule has 5 nitrogen and oxygen atoms in total.